The Balaban J connectivity index is 1.41. The minimum Gasteiger partial charge on any atom is -0.492 e. The van der Waals surface area contributed by atoms with E-state index in [2.05, 4.69) is 15.5 Å². The summed E-state index contributed by atoms with van der Waals surface area (Å²) in [6.07, 6.45) is 3.73. The largest absolute Gasteiger partial charge is 0.492 e. The standard InChI is InChI=1S/C17H25N3O2/c1-2-8-18-17(21)19-14-4-3-5-16(9-14)22-12-15-11-20(15)10-13-6-7-13/h3-5,9,13,15H,2,6-8,10-12H2,1H3,(H2,18,19,21). The first-order valence-corrected chi connectivity index (χ1v) is 8.26. The fourth-order valence-electron chi connectivity index (χ4n) is 2.51. The second kappa shape index (κ2) is 7.01. The maximum atomic E-state index is 11.6. The number of anilines is 1. The maximum Gasteiger partial charge on any atom is 0.319 e. The summed E-state index contributed by atoms with van der Waals surface area (Å²) in [5.41, 5.74) is 0.761. The van der Waals surface area contributed by atoms with Crippen molar-refractivity contribution < 1.29 is 9.53 Å². The van der Waals surface area contributed by atoms with Gasteiger partial charge in [-0.1, -0.05) is 13.0 Å². The first kappa shape index (κ1) is 15.2. The lowest BCUT2D eigenvalue weighted by Gasteiger charge is -2.10. The van der Waals surface area contributed by atoms with Crippen molar-refractivity contribution in [1.82, 2.24) is 10.2 Å². The highest BCUT2D eigenvalue weighted by atomic mass is 16.5. The molecule has 1 saturated carbocycles. The molecule has 1 heterocycles. The molecule has 2 N–H and O–H groups in total. The molecule has 1 aromatic rings. The molecule has 2 aliphatic rings. The Morgan fingerprint density at radius 1 is 1.41 bits per heavy atom. The number of amides is 2. The van der Waals surface area contributed by atoms with E-state index < -0.39 is 0 Å². The molecule has 2 atom stereocenters. The van der Waals surface area contributed by atoms with Crippen LogP contribution >= 0.6 is 0 Å². The summed E-state index contributed by atoms with van der Waals surface area (Å²) in [7, 11) is 0. The molecular formula is C17H25N3O2. The Kier molecular flexibility index (Phi) is 4.83. The first-order valence-electron chi connectivity index (χ1n) is 8.26. The zero-order valence-corrected chi connectivity index (χ0v) is 13.2. The number of carbonyl (C=O) groups is 1. The summed E-state index contributed by atoms with van der Waals surface area (Å²) in [6.45, 7) is 5.85. The van der Waals surface area contributed by atoms with Crippen molar-refractivity contribution >= 4 is 11.7 Å². The van der Waals surface area contributed by atoms with Crippen LogP contribution < -0.4 is 15.4 Å². The quantitative estimate of drug-likeness (QED) is 0.726. The average Bonchev–Trinajstić information content (AvgIpc) is 3.42. The van der Waals surface area contributed by atoms with Crippen molar-refractivity contribution in [2.45, 2.75) is 32.2 Å². The molecule has 1 aromatic carbocycles. The summed E-state index contributed by atoms with van der Waals surface area (Å²) in [6, 6.07) is 7.98. The average molecular weight is 303 g/mol. The lowest BCUT2D eigenvalue weighted by atomic mass is 10.3. The fraction of sp³-hybridized carbons (Fsp3) is 0.588. The van der Waals surface area contributed by atoms with Gasteiger partial charge in [0.05, 0.1) is 6.04 Å². The van der Waals surface area contributed by atoms with Crippen LogP contribution in [0.15, 0.2) is 24.3 Å². The van der Waals surface area contributed by atoms with E-state index in [-0.39, 0.29) is 6.03 Å². The summed E-state index contributed by atoms with van der Waals surface area (Å²) in [4.78, 5) is 14.1. The molecule has 1 aliphatic heterocycles. The van der Waals surface area contributed by atoms with Crippen molar-refractivity contribution in [3.8, 4) is 5.75 Å². The minimum atomic E-state index is -0.170. The third-order valence-corrected chi connectivity index (χ3v) is 4.09. The molecule has 2 fully saturated rings. The van der Waals surface area contributed by atoms with Crippen molar-refractivity contribution in [1.29, 1.82) is 0 Å². The van der Waals surface area contributed by atoms with Crippen LogP contribution in [-0.4, -0.2) is 43.2 Å². The van der Waals surface area contributed by atoms with E-state index in [1.165, 1.54) is 19.4 Å². The van der Waals surface area contributed by atoms with Gasteiger partial charge in [0.1, 0.15) is 12.4 Å². The molecule has 3 rings (SSSR count). The molecule has 120 valence electrons. The van der Waals surface area contributed by atoms with Gasteiger partial charge in [0.25, 0.3) is 0 Å². The van der Waals surface area contributed by atoms with Crippen LogP contribution in [0.1, 0.15) is 26.2 Å². The molecule has 0 aromatic heterocycles. The lowest BCUT2D eigenvalue weighted by molar-refractivity contribution is 0.252. The number of carbonyl (C=O) groups excluding carboxylic acids is 1. The highest BCUT2D eigenvalue weighted by Crippen LogP contribution is 2.33. The topological polar surface area (TPSA) is 53.4 Å². The Morgan fingerprint density at radius 3 is 3.05 bits per heavy atom. The van der Waals surface area contributed by atoms with Crippen LogP contribution in [0.5, 0.6) is 5.75 Å². The van der Waals surface area contributed by atoms with Crippen LogP contribution in [0.2, 0.25) is 0 Å². The van der Waals surface area contributed by atoms with E-state index in [0.29, 0.717) is 12.6 Å². The van der Waals surface area contributed by atoms with Crippen molar-refractivity contribution in [3.63, 3.8) is 0 Å². The Labute approximate surface area is 132 Å². The van der Waals surface area contributed by atoms with Gasteiger partial charge in [-0.15, -0.1) is 0 Å². The lowest BCUT2D eigenvalue weighted by Crippen LogP contribution is -2.29. The third-order valence-electron chi connectivity index (χ3n) is 4.09. The molecule has 0 bridgehead atoms. The van der Waals surface area contributed by atoms with E-state index in [9.17, 15) is 4.79 Å². The highest BCUT2D eigenvalue weighted by Gasteiger charge is 2.38. The molecule has 1 aliphatic carbocycles. The normalized spacial score (nSPS) is 23.0. The van der Waals surface area contributed by atoms with Crippen LogP contribution in [0, 0.1) is 5.92 Å². The maximum absolute atomic E-state index is 11.6. The monoisotopic (exact) mass is 303 g/mol. The Bertz CT molecular complexity index is 516. The van der Waals surface area contributed by atoms with E-state index in [0.717, 1.165) is 36.9 Å². The SMILES string of the molecule is CCCNC(=O)Nc1cccc(OCC2CN2CC2CC2)c1. The van der Waals surface area contributed by atoms with Gasteiger partial charge in [0.2, 0.25) is 0 Å². The van der Waals surface area contributed by atoms with Crippen LogP contribution in [0.4, 0.5) is 10.5 Å². The third kappa shape index (κ3) is 4.63. The van der Waals surface area contributed by atoms with Crippen molar-refractivity contribution in [2.75, 3.05) is 31.6 Å². The molecule has 0 radical (unpaired) electrons. The van der Waals surface area contributed by atoms with Gasteiger partial charge >= 0.3 is 6.03 Å². The Hall–Kier alpha value is -1.75. The molecular weight excluding hydrogens is 278 g/mol. The summed E-state index contributed by atoms with van der Waals surface area (Å²) >= 11 is 0. The number of hydrogen-bond donors (Lipinski definition) is 2. The van der Waals surface area contributed by atoms with Crippen LogP contribution in [0.3, 0.4) is 0 Å². The van der Waals surface area contributed by atoms with Gasteiger partial charge in [-0.2, -0.15) is 0 Å². The number of rotatable bonds is 8. The number of nitrogens with zero attached hydrogens (tertiary/aromatic N) is 1. The zero-order valence-electron chi connectivity index (χ0n) is 13.2. The molecule has 2 unspecified atom stereocenters. The second-order valence-electron chi connectivity index (χ2n) is 6.27. The van der Waals surface area contributed by atoms with Gasteiger partial charge in [-0.25, -0.2) is 4.79 Å². The van der Waals surface area contributed by atoms with Crippen LogP contribution in [-0.2, 0) is 0 Å². The fourth-order valence-corrected chi connectivity index (χ4v) is 2.51. The molecule has 5 nitrogen and oxygen atoms in total. The van der Waals surface area contributed by atoms with Gasteiger partial charge in [-0.3, -0.25) is 4.90 Å². The van der Waals surface area contributed by atoms with Gasteiger partial charge < -0.3 is 15.4 Å². The number of benzene rings is 1. The van der Waals surface area contributed by atoms with Crippen LogP contribution in [0.25, 0.3) is 0 Å². The smallest absolute Gasteiger partial charge is 0.319 e. The van der Waals surface area contributed by atoms with Gasteiger partial charge in [-0.05, 0) is 37.3 Å². The van der Waals surface area contributed by atoms with E-state index >= 15 is 0 Å². The summed E-state index contributed by atoms with van der Waals surface area (Å²) in [5.74, 6) is 1.76. The molecule has 0 spiro atoms. The van der Waals surface area contributed by atoms with Crippen molar-refractivity contribution in [2.24, 2.45) is 5.92 Å². The zero-order chi connectivity index (χ0) is 15.4. The Morgan fingerprint density at radius 2 is 2.27 bits per heavy atom. The van der Waals surface area contributed by atoms with E-state index in [4.69, 9.17) is 4.74 Å². The predicted molar refractivity (Wildman–Crippen MR) is 87.3 cm³/mol. The molecule has 1 saturated heterocycles. The highest BCUT2D eigenvalue weighted by molar-refractivity contribution is 5.89. The van der Waals surface area contributed by atoms with Crippen molar-refractivity contribution in [3.05, 3.63) is 24.3 Å². The predicted octanol–water partition coefficient (Wildman–Crippen LogP) is 2.69. The van der Waals surface area contributed by atoms with E-state index in [1.54, 1.807) is 0 Å². The minimum absolute atomic E-state index is 0.170. The summed E-state index contributed by atoms with van der Waals surface area (Å²) in [5, 5.41) is 5.62. The number of urea groups is 1. The number of hydrogen-bond acceptors (Lipinski definition) is 3. The molecule has 5 heteroatoms. The van der Waals surface area contributed by atoms with Gasteiger partial charge in [0.15, 0.2) is 0 Å². The number of ether oxygens (including phenoxy) is 1. The molecule has 22 heavy (non-hydrogen) atoms. The summed E-state index contributed by atoms with van der Waals surface area (Å²) < 4.78 is 5.85. The number of nitrogens with one attached hydrogen (secondary N) is 2. The second-order valence-corrected chi connectivity index (χ2v) is 6.27. The van der Waals surface area contributed by atoms with Gasteiger partial charge in [0, 0.05) is 31.4 Å². The van der Waals surface area contributed by atoms with E-state index in [1.807, 2.05) is 31.2 Å². The first-order chi connectivity index (χ1) is 10.7. The molecule has 2 amide bonds.